The highest BCUT2D eigenvalue weighted by Gasteiger charge is 1.98. The maximum Gasteiger partial charge on any atom is 0.0342 e. The Balaban J connectivity index is 2.54. The van der Waals surface area contributed by atoms with Crippen LogP contribution in [-0.2, 0) is 6.42 Å². The second-order valence-electron chi connectivity index (χ2n) is 3.69. The second-order valence-corrected chi connectivity index (χ2v) is 3.69. The number of nitrogens with one attached hydrogen (secondary N) is 1. The lowest BCUT2D eigenvalue weighted by atomic mass is 10.1. The van der Waals surface area contributed by atoms with Crippen molar-refractivity contribution in [1.29, 1.82) is 0 Å². The fourth-order valence-corrected chi connectivity index (χ4v) is 1.32. The third-order valence-electron chi connectivity index (χ3n) is 2.41. The fraction of sp³-hybridized carbons (Fsp3) is 0.500. The Morgan fingerprint density at radius 3 is 2.43 bits per heavy atom. The lowest BCUT2D eigenvalue weighted by Crippen LogP contribution is -2.13. The van der Waals surface area contributed by atoms with Gasteiger partial charge in [-0.2, -0.15) is 0 Å². The highest BCUT2D eigenvalue weighted by atomic mass is 14.9. The van der Waals surface area contributed by atoms with E-state index in [9.17, 15) is 0 Å². The van der Waals surface area contributed by atoms with Crippen molar-refractivity contribution in [2.24, 2.45) is 5.73 Å². The minimum absolute atomic E-state index is 0.537. The smallest absolute Gasteiger partial charge is 0.0342 e. The highest BCUT2D eigenvalue weighted by Crippen LogP contribution is 2.11. The molecule has 2 heteroatoms. The number of benzene rings is 1. The van der Waals surface area contributed by atoms with Gasteiger partial charge in [-0.1, -0.05) is 19.1 Å². The Morgan fingerprint density at radius 2 is 1.93 bits per heavy atom. The van der Waals surface area contributed by atoms with Crippen LogP contribution in [0.1, 0.15) is 25.8 Å². The lowest BCUT2D eigenvalue weighted by Gasteiger charge is -2.13. The van der Waals surface area contributed by atoms with Gasteiger partial charge in [-0.15, -0.1) is 0 Å². The predicted octanol–water partition coefficient (Wildman–Crippen LogP) is 2.40. The zero-order valence-electron chi connectivity index (χ0n) is 9.09. The molecule has 1 aromatic rings. The first-order valence-electron chi connectivity index (χ1n) is 5.31. The van der Waals surface area contributed by atoms with Crippen molar-refractivity contribution in [3.8, 4) is 0 Å². The van der Waals surface area contributed by atoms with Crippen molar-refractivity contribution in [3.05, 3.63) is 29.8 Å². The molecule has 0 aromatic heterocycles. The van der Waals surface area contributed by atoms with Crippen molar-refractivity contribution < 1.29 is 0 Å². The monoisotopic (exact) mass is 192 g/mol. The van der Waals surface area contributed by atoms with E-state index >= 15 is 0 Å². The van der Waals surface area contributed by atoms with Crippen LogP contribution in [0.25, 0.3) is 0 Å². The van der Waals surface area contributed by atoms with Crippen molar-refractivity contribution in [2.45, 2.75) is 32.7 Å². The van der Waals surface area contributed by atoms with E-state index in [0.29, 0.717) is 6.04 Å². The van der Waals surface area contributed by atoms with Gasteiger partial charge in [0.1, 0.15) is 0 Å². The summed E-state index contributed by atoms with van der Waals surface area (Å²) in [5.41, 5.74) is 7.99. The Kier molecular flexibility index (Phi) is 4.47. The summed E-state index contributed by atoms with van der Waals surface area (Å²) in [6.45, 7) is 5.09. The molecule has 0 amide bonds. The Labute approximate surface area is 86.5 Å². The molecular formula is C12H20N2. The molecule has 14 heavy (non-hydrogen) atoms. The van der Waals surface area contributed by atoms with E-state index in [0.717, 1.165) is 19.4 Å². The number of hydrogen-bond donors (Lipinski definition) is 2. The van der Waals surface area contributed by atoms with E-state index in [1.165, 1.54) is 11.3 Å². The van der Waals surface area contributed by atoms with Crippen molar-refractivity contribution >= 4 is 5.69 Å². The van der Waals surface area contributed by atoms with Gasteiger partial charge in [-0.05, 0) is 44.0 Å². The third-order valence-corrected chi connectivity index (χ3v) is 2.41. The van der Waals surface area contributed by atoms with Crippen LogP contribution in [0.4, 0.5) is 5.69 Å². The van der Waals surface area contributed by atoms with Gasteiger partial charge in [0.2, 0.25) is 0 Å². The quantitative estimate of drug-likeness (QED) is 0.751. The molecule has 0 heterocycles. The van der Waals surface area contributed by atoms with Gasteiger partial charge < -0.3 is 11.1 Å². The molecule has 0 fully saturated rings. The SMILES string of the molecule is CCC(C)Nc1ccc(CCN)cc1. The summed E-state index contributed by atoms with van der Waals surface area (Å²) in [5, 5.41) is 3.43. The molecule has 0 bridgehead atoms. The van der Waals surface area contributed by atoms with E-state index in [1.54, 1.807) is 0 Å². The van der Waals surface area contributed by atoms with Crippen LogP contribution in [0.2, 0.25) is 0 Å². The molecule has 0 saturated heterocycles. The van der Waals surface area contributed by atoms with E-state index in [1.807, 2.05) is 0 Å². The van der Waals surface area contributed by atoms with Crippen LogP contribution in [0.15, 0.2) is 24.3 Å². The van der Waals surface area contributed by atoms with Crippen molar-refractivity contribution in [1.82, 2.24) is 0 Å². The van der Waals surface area contributed by atoms with E-state index < -0.39 is 0 Å². The van der Waals surface area contributed by atoms with Gasteiger partial charge in [0.05, 0.1) is 0 Å². The van der Waals surface area contributed by atoms with Crippen LogP contribution in [-0.4, -0.2) is 12.6 Å². The number of anilines is 1. The standard InChI is InChI=1S/C12H20N2/c1-3-10(2)14-12-6-4-11(5-7-12)8-9-13/h4-7,10,14H,3,8-9,13H2,1-2H3. The number of nitrogens with two attached hydrogens (primary N) is 1. The van der Waals surface area contributed by atoms with Crippen LogP contribution in [0.3, 0.4) is 0 Å². The Hall–Kier alpha value is -1.02. The molecule has 0 aliphatic heterocycles. The molecule has 3 N–H and O–H groups in total. The first-order valence-corrected chi connectivity index (χ1v) is 5.31. The molecule has 1 atom stereocenters. The summed E-state index contributed by atoms with van der Waals surface area (Å²) in [5.74, 6) is 0. The van der Waals surface area contributed by atoms with E-state index in [2.05, 4.69) is 43.4 Å². The van der Waals surface area contributed by atoms with Gasteiger partial charge in [0.15, 0.2) is 0 Å². The maximum atomic E-state index is 5.49. The molecule has 78 valence electrons. The Bertz CT molecular complexity index is 254. The molecular weight excluding hydrogens is 172 g/mol. The summed E-state index contributed by atoms with van der Waals surface area (Å²) in [6.07, 6.45) is 2.11. The first kappa shape index (κ1) is 11.1. The van der Waals surface area contributed by atoms with Crippen LogP contribution < -0.4 is 11.1 Å². The molecule has 0 spiro atoms. The van der Waals surface area contributed by atoms with Crippen LogP contribution >= 0.6 is 0 Å². The molecule has 0 aliphatic carbocycles. The second kappa shape index (κ2) is 5.66. The molecule has 2 nitrogen and oxygen atoms in total. The van der Waals surface area contributed by atoms with Gasteiger partial charge in [-0.25, -0.2) is 0 Å². The molecule has 0 radical (unpaired) electrons. The third kappa shape index (κ3) is 3.38. The zero-order valence-corrected chi connectivity index (χ0v) is 9.09. The van der Waals surface area contributed by atoms with Crippen molar-refractivity contribution in [3.63, 3.8) is 0 Å². The minimum atomic E-state index is 0.537. The molecule has 1 unspecified atom stereocenters. The van der Waals surface area contributed by atoms with Crippen LogP contribution in [0, 0.1) is 0 Å². The van der Waals surface area contributed by atoms with E-state index in [4.69, 9.17) is 5.73 Å². The van der Waals surface area contributed by atoms with E-state index in [-0.39, 0.29) is 0 Å². The van der Waals surface area contributed by atoms with Crippen molar-refractivity contribution in [2.75, 3.05) is 11.9 Å². The van der Waals surface area contributed by atoms with Gasteiger partial charge in [0, 0.05) is 11.7 Å². The maximum absolute atomic E-state index is 5.49. The molecule has 0 aliphatic rings. The van der Waals surface area contributed by atoms with Gasteiger partial charge in [0.25, 0.3) is 0 Å². The summed E-state index contributed by atoms with van der Waals surface area (Å²) >= 11 is 0. The van der Waals surface area contributed by atoms with Gasteiger partial charge >= 0.3 is 0 Å². The zero-order chi connectivity index (χ0) is 10.4. The molecule has 1 aromatic carbocycles. The van der Waals surface area contributed by atoms with Gasteiger partial charge in [-0.3, -0.25) is 0 Å². The van der Waals surface area contributed by atoms with Crippen LogP contribution in [0.5, 0.6) is 0 Å². The summed E-state index contributed by atoms with van der Waals surface area (Å²) in [4.78, 5) is 0. The predicted molar refractivity (Wildman–Crippen MR) is 62.6 cm³/mol. The number of rotatable bonds is 5. The lowest BCUT2D eigenvalue weighted by molar-refractivity contribution is 0.764. The highest BCUT2D eigenvalue weighted by molar-refractivity contribution is 5.45. The average Bonchev–Trinajstić information content (AvgIpc) is 2.21. The summed E-state index contributed by atoms with van der Waals surface area (Å²) in [7, 11) is 0. The first-order chi connectivity index (χ1) is 6.76. The summed E-state index contributed by atoms with van der Waals surface area (Å²) in [6, 6.07) is 9.05. The largest absolute Gasteiger partial charge is 0.383 e. The Morgan fingerprint density at radius 1 is 1.29 bits per heavy atom. The normalized spacial score (nSPS) is 12.5. The molecule has 0 saturated carbocycles. The summed E-state index contributed by atoms with van der Waals surface area (Å²) < 4.78 is 0. The fourth-order valence-electron chi connectivity index (χ4n) is 1.32. The average molecular weight is 192 g/mol. The molecule has 1 rings (SSSR count). The topological polar surface area (TPSA) is 38.0 Å². The minimum Gasteiger partial charge on any atom is -0.383 e. The number of hydrogen-bond acceptors (Lipinski definition) is 2.